The summed E-state index contributed by atoms with van der Waals surface area (Å²) < 4.78 is 0. The van der Waals surface area contributed by atoms with Gasteiger partial charge in [0.1, 0.15) is 5.69 Å². The lowest BCUT2D eigenvalue weighted by Crippen LogP contribution is -2.24. The Morgan fingerprint density at radius 1 is 1.40 bits per heavy atom. The zero-order valence-corrected chi connectivity index (χ0v) is 11.6. The molecule has 1 aromatic rings. The minimum absolute atomic E-state index is 0.0102. The van der Waals surface area contributed by atoms with Crippen molar-refractivity contribution in [1.82, 2.24) is 5.32 Å². The van der Waals surface area contributed by atoms with E-state index in [-0.39, 0.29) is 11.6 Å². The minimum Gasteiger partial charge on any atom is -0.366 e. The number of carbonyl (C=O) groups excluding carboxylic acids is 1. The minimum atomic E-state index is -0.412. The number of anilines is 1. The summed E-state index contributed by atoms with van der Waals surface area (Å²) in [6.45, 7) is 4.20. The van der Waals surface area contributed by atoms with Gasteiger partial charge in [-0.3, -0.25) is 14.9 Å². The molecule has 20 heavy (non-hydrogen) atoms. The smallest absolute Gasteiger partial charge is 0.293 e. The lowest BCUT2D eigenvalue weighted by atomic mass is 10.1. The summed E-state index contributed by atoms with van der Waals surface area (Å²) >= 11 is 0. The summed E-state index contributed by atoms with van der Waals surface area (Å²) in [5.41, 5.74) is 0.962. The van der Waals surface area contributed by atoms with Crippen molar-refractivity contribution in [3.63, 3.8) is 0 Å². The monoisotopic (exact) mass is 277 g/mol. The van der Waals surface area contributed by atoms with Gasteiger partial charge in [-0.25, -0.2) is 0 Å². The van der Waals surface area contributed by atoms with Crippen LogP contribution in [0.3, 0.4) is 0 Å². The molecule has 1 N–H and O–H groups in total. The molecule has 1 aromatic carbocycles. The van der Waals surface area contributed by atoms with Gasteiger partial charge in [-0.1, -0.05) is 6.92 Å². The number of carbonyl (C=O) groups is 1. The van der Waals surface area contributed by atoms with Gasteiger partial charge in [0.05, 0.1) is 4.92 Å². The summed E-state index contributed by atoms with van der Waals surface area (Å²) in [5, 5.41) is 13.9. The highest BCUT2D eigenvalue weighted by Gasteiger charge is 2.23. The lowest BCUT2D eigenvalue weighted by Gasteiger charge is -2.17. The predicted molar refractivity (Wildman–Crippen MR) is 77.2 cm³/mol. The molecule has 1 heterocycles. The third-order valence-electron chi connectivity index (χ3n) is 3.42. The van der Waals surface area contributed by atoms with Crippen molar-refractivity contribution < 1.29 is 9.72 Å². The molecule has 0 aromatic heterocycles. The topological polar surface area (TPSA) is 75.5 Å². The normalized spacial score (nSPS) is 14.3. The van der Waals surface area contributed by atoms with E-state index in [1.807, 2.05) is 11.8 Å². The van der Waals surface area contributed by atoms with Gasteiger partial charge in [0, 0.05) is 31.3 Å². The number of benzene rings is 1. The van der Waals surface area contributed by atoms with Crippen LogP contribution in [0, 0.1) is 10.1 Å². The van der Waals surface area contributed by atoms with E-state index in [1.54, 1.807) is 12.1 Å². The van der Waals surface area contributed by atoms with Crippen LogP contribution in [0.2, 0.25) is 0 Å². The van der Waals surface area contributed by atoms with E-state index in [9.17, 15) is 14.9 Å². The highest BCUT2D eigenvalue weighted by atomic mass is 16.6. The zero-order valence-electron chi connectivity index (χ0n) is 11.6. The first-order chi connectivity index (χ1) is 9.63. The van der Waals surface area contributed by atoms with Crippen molar-refractivity contribution in [1.29, 1.82) is 0 Å². The molecule has 2 rings (SSSR count). The number of hydrogen-bond donors (Lipinski definition) is 1. The van der Waals surface area contributed by atoms with Crippen LogP contribution in [0.1, 0.15) is 36.5 Å². The van der Waals surface area contributed by atoms with Crippen LogP contribution in [-0.4, -0.2) is 30.5 Å². The second-order valence-corrected chi connectivity index (χ2v) is 4.91. The number of amides is 1. The Kier molecular flexibility index (Phi) is 4.55. The maximum absolute atomic E-state index is 11.9. The quantitative estimate of drug-likeness (QED) is 0.662. The number of nitrogens with zero attached hydrogens (tertiary/aromatic N) is 2. The van der Waals surface area contributed by atoms with Crippen LogP contribution in [0.5, 0.6) is 0 Å². The average Bonchev–Trinajstić information content (AvgIpc) is 2.98. The van der Waals surface area contributed by atoms with Crippen LogP contribution >= 0.6 is 0 Å². The summed E-state index contributed by atoms with van der Waals surface area (Å²) in [4.78, 5) is 24.7. The first-order valence-corrected chi connectivity index (χ1v) is 6.95. The van der Waals surface area contributed by atoms with Crippen molar-refractivity contribution in [2.24, 2.45) is 0 Å². The standard InChI is InChI=1S/C14H19N3O3/c1-2-7-15-14(18)11-5-6-12(13(10-11)17(19)20)16-8-3-4-9-16/h5-6,10H,2-4,7-9H2,1H3,(H,15,18). The van der Waals surface area contributed by atoms with E-state index in [4.69, 9.17) is 0 Å². The molecule has 0 radical (unpaired) electrons. The molecule has 1 aliphatic rings. The Morgan fingerprint density at radius 3 is 2.70 bits per heavy atom. The van der Waals surface area contributed by atoms with Gasteiger partial charge >= 0.3 is 0 Å². The number of hydrogen-bond acceptors (Lipinski definition) is 4. The molecular weight excluding hydrogens is 258 g/mol. The van der Waals surface area contributed by atoms with Gasteiger partial charge in [0.25, 0.3) is 11.6 Å². The van der Waals surface area contributed by atoms with Crippen molar-refractivity contribution in [3.05, 3.63) is 33.9 Å². The predicted octanol–water partition coefficient (Wildman–Crippen LogP) is 2.33. The Morgan fingerprint density at radius 2 is 2.10 bits per heavy atom. The Labute approximate surface area is 117 Å². The van der Waals surface area contributed by atoms with Crippen LogP contribution < -0.4 is 10.2 Å². The second kappa shape index (κ2) is 6.36. The van der Waals surface area contributed by atoms with Crippen LogP contribution in [0.25, 0.3) is 0 Å². The molecule has 0 saturated carbocycles. The largest absolute Gasteiger partial charge is 0.366 e. The molecule has 6 heteroatoms. The SMILES string of the molecule is CCCNC(=O)c1ccc(N2CCCC2)c([N+](=O)[O-])c1. The second-order valence-electron chi connectivity index (χ2n) is 4.91. The summed E-state index contributed by atoms with van der Waals surface area (Å²) in [5.74, 6) is -0.261. The molecule has 1 saturated heterocycles. The van der Waals surface area contributed by atoms with Crippen LogP contribution in [0.15, 0.2) is 18.2 Å². The van der Waals surface area contributed by atoms with Crippen molar-refractivity contribution in [2.45, 2.75) is 26.2 Å². The molecule has 1 fully saturated rings. The molecular formula is C14H19N3O3. The third-order valence-corrected chi connectivity index (χ3v) is 3.42. The number of nitro groups is 1. The molecule has 0 unspecified atom stereocenters. The fourth-order valence-electron chi connectivity index (χ4n) is 2.38. The molecule has 1 amide bonds. The number of nitrogens with one attached hydrogen (secondary N) is 1. The van der Waals surface area contributed by atoms with Crippen molar-refractivity contribution >= 4 is 17.3 Å². The van der Waals surface area contributed by atoms with Gasteiger partial charge in [-0.15, -0.1) is 0 Å². The zero-order chi connectivity index (χ0) is 14.5. The Balaban J connectivity index is 2.27. The fraction of sp³-hybridized carbons (Fsp3) is 0.500. The van der Waals surface area contributed by atoms with Crippen molar-refractivity contribution in [3.8, 4) is 0 Å². The molecule has 108 valence electrons. The highest BCUT2D eigenvalue weighted by molar-refractivity contribution is 5.95. The van der Waals surface area contributed by atoms with Gasteiger partial charge in [-0.05, 0) is 31.4 Å². The molecule has 0 atom stereocenters. The maximum Gasteiger partial charge on any atom is 0.293 e. The van der Waals surface area contributed by atoms with E-state index < -0.39 is 4.92 Å². The lowest BCUT2D eigenvalue weighted by molar-refractivity contribution is -0.384. The van der Waals surface area contributed by atoms with E-state index in [0.29, 0.717) is 17.8 Å². The molecule has 1 aliphatic heterocycles. The van der Waals surface area contributed by atoms with Crippen molar-refractivity contribution in [2.75, 3.05) is 24.5 Å². The first kappa shape index (κ1) is 14.3. The molecule has 0 bridgehead atoms. The Hall–Kier alpha value is -2.11. The molecule has 6 nitrogen and oxygen atoms in total. The summed E-state index contributed by atoms with van der Waals surface area (Å²) in [6, 6.07) is 4.72. The Bertz CT molecular complexity index is 510. The first-order valence-electron chi connectivity index (χ1n) is 6.95. The van der Waals surface area contributed by atoms with Crippen LogP contribution in [-0.2, 0) is 0 Å². The fourth-order valence-corrected chi connectivity index (χ4v) is 2.38. The summed E-state index contributed by atoms with van der Waals surface area (Å²) in [7, 11) is 0. The van der Waals surface area contributed by atoms with Gasteiger partial charge in [0.15, 0.2) is 0 Å². The van der Waals surface area contributed by atoms with Gasteiger partial charge in [0.2, 0.25) is 0 Å². The maximum atomic E-state index is 11.9. The highest BCUT2D eigenvalue weighted by Crippen LogP contribution is 2.31. The molecule has 0 spiro atoms. The van der Waals surface area contributed by atoms with E-state index >= 15 is 0 Å². The molecule has 0 aliphatic carbocycles. The third kappa shape index (κ3) is 3.07. The van der Waals surface area contributed by atoms with E-state index in [2.05, 4.69) is 5.32 Å². The van der Waals surface area contributed by atoms with Gasteiger partial charge < -0.3 is 10.2 Å². The number of nitro benzene ring substituents is 1. The summed E-state index contributed by atoms with van der Waals surface area (Å²) in [6.07, 6.45) is 2.94. The van der Waals surface area contributed by atoms with E-state index in [0.717, 1.165) is 32.4 Å². The van der Waals surface area contributed by atoms with Crippen LogP contribution in [0.4, 0.5) is 11.4 Å². The average molecular weight is 277 g/mol. The number of rotatable bonds is 5. The van der Waals surface area contributed by atoms with Gasteiger partial charge in [-0.2, -0.15) is 0 Å². The van der Waals surface area contributed by atoms with E-state index in [1.165, 1.54) is 6.07 Å².